The number of likely N-dealkylation sites (tertiary alicyclic amines) is 1. The van der Waals surface area contributed by atoms with E-state index in [2.05, 4.69) is 9.88 Å². The third-order valence-electron chi connectivity index (χ3n) is 4.35. The molecule has 0 saturated carbocycles. The van der Waals surface area contributed by atoms with Crippen molar-refractivity contribution in [3.63, 3.8) is 0 Å². The molecule has 0 radical (unpaired) electrons. The van der Waals surface area contributed by atoms with Crippen LogP contribution in [0.5, 0.6) is 0 Å². The Morgan fingerprint density at radius 3 is 3.08 bits per heavy atom. The predicted octanol–water partition coefficient (Wildman–Crippen LogP) is 2.66. The number of carbonyl (C=O) groups is 1. The third kappa shape index (κ3) is 4.21. The Morgan fingerprint density at radius 1 is 1.58 bits per heavy atom. The molecule has 1 amide bonds. The van der Waals surface area contributed by atoms with Crippen molar-refractivity contribution in [2.75, 3.05) is 20.1 Å². The number of rotatable bonds is 6. The van der Waals surface area contributed by atoms with Gasteiger partial charge in [0.15, 0.2) is 0 Å². The van der Waals surface area contributed by atoms with E-state index in [0.29, 0.717) is 32.5 Å². The summed E-state index contributed by atoms with van der Waals surface area (Å²) < 4.78 is 18.9. The van der Waals surface area contributed by atoms with Crippen LogP contribution in [0.1, 0.15) is 22.7 Å². The van der Waals surface area contributed by atoms with Crippen molar-refractivity contribution >= 4 is 17.2 Å². The number of likely N-dealkylation sites (N-methyl/N-ethyl adjacent to an activating group) is 1. The predicted molar refractivity (Wildman–Crippen MR) is 90.6 cm³/mol. The molecule has 1 aliphatic heterocycles. The van der Waals surface area contributed by atoms with Crippen LogP contribution in [0.4, 0.5) is 4.39 Å². The number of halogens is 1. The Morgan fingerprint density at radius 2 is 2.42 bits per heavy atom. The maximum absolute atomic E-state index is 13.9. The summed E-state index contributed by atoms with van der Waals surface area (Å²) in [6.45, 7) is 3.54. The van der Waals surface area contributed by atoms with Crippen molar-refractivity contribution in [3.8, 4) is 0 Å². The molecule has 1 fully saturated rings. The summed E-state index contributed by atoms with van der Waals surface area (Å²) in [5.41, 5.74) is 1.83. The van der Waals surface area contributed by atoms with Crippen molar-refractivity contribution < 1.29 is 13.6 Å². The average Bonchev–Trinajstić information content (AvgIpc) is 3.23. The number of carbonyl (C=O) groups excluding carboxylic acids is 1. The summed E-state index contributed by atoms with van der Waals surface area (Å²) in [6, 6.07) is 1.82. The van der Waals surface area contributed by atoms with E-state index in [9.17, 15) is 9.18 Å². The van der Waals surface area contributed by atoms with Gasteiger partial charge in [0.2, 0.25) is 5.91 Å². The van der Waals surface area contributed by atoms with Gasteiger partial charge in [-0.3, -0.25) is 9.69 Å². The molecule has 130 valence electrons. The molecule has 1 aliphatic rings. The number of hydrogen-bond acceptors (Lipinski definition) is 5. The lowest BCUT2D eigenvalue weighted by atomic mass is 10.1. The first-order valence-corrected chi connectivity index (χ1v) is 8.93. The molecule has 0 aliphatic carbocycles. The quantitative estimate of drug-likeness (QED) is 0.803. The molecule has 0 aromatic carbocycles. The number of furan rings is 1. The Bertz CT molecular complexity index is 673. The minimum Gasteiger partial charge on any atom is -0.472 e. The smallest absolute Gasteiger partial charge is 0.226 e. The van der Waals surface area contributed by atoms with Gasteiger partial charge in [-0.2, -0.15) is 0 Å². The summed E-state index contributed by atoms with van der Waals surface area (Å²) in [5, 5.41) is 3.04. The van der Waals surface area contributed by atoms with Crippen molar-refractivity contribution in [2.45, 2.75) is 38.5 Å². The summed E-state index contributed by atoms with van der Waals surface area (Å²) in [7, 11) is 1.78. The van der Waals surface area contributed by atoms with Crippen LogP contribution in [-0.4, -0.2) is 53.0 Å². The first-order chi connectivity index (χ1) is 11.5. The second-order valence-corrected chi connectivity index (χ2v) is 7.42. The van der Waals surface area contributed by atoms with Gasteiger partial charge in [0.05, 0.1) is 29.6 Å². The molecule has 2 aromatic rings. The van der Waals surface area contributed by atoms with Crippen LogP contribution in [0.3, 0.4) is 0 Å². The highest BCUT2D eigenvalue weighted by Crippen LogP contribution is 2.24. The van der Waals surface area contributed by atoms with Crippen molar-refractivity contribution in [1.82, 2.24) is 14.8 Å². The van der Waals surface area contributed by atoms with E-state index in [1.807, 2.05) is 12.3 Å². The molecule has 2 atom stereocenters. The Labute approximate surface area is 145 Å². The first-order valence-electron chi connectivity index (χ1n) is 8.05. The molecule has 3 rings (SSSR count). The van der Waals surface area contributed by atoms with E-state index in [4.69, 9.17) is 4.42 Å². The summed E-state index contributed by atoms with van der Waals surface area (Å²) in [5.74, 6) is 0.0168. The molecule has 3 heterocycles. The largest absolute Gasteiger partial charge is 0.472 e. The summed E-state index contributed by atoms with van der Waals surface area (Å²) in [4.78, 5) is 20.6. The van der Waals surface area contributed by atoms with Crippen LogP contribution in [0.2, 0.25) is 0 Å². The lowest BCUT2D eigenvalue weighted by molar-refractivity contribution is -0.129. The van der Waals surface area contributed by atoms with Gasteiger partial charge in [0.25, 0.3) is 0 Å². The zero-order valence-corrected chi connectivity index (χ0v) is 14.8. The molecule has 0 unspecified atom stereocenters. The fourth-order valence-electron chi connectivity index (χ4n) is 3.12. The highest BCUT2D eigenvalue weighted by Gasteiger charge is 2.33. The van der Waals surface area contributed by atoms with Gasteiger partial charge in [0, 0.05) is 38.1 Å². The van der Waals surface area contributed by atoms with Gasteiger partial charge in [-0.1, -0.05) is 0 Å². The maximum atomic E-state index is 13.9. The van der Waals surface area contributed by atoms with Gasteiger partial charge in [0.1, 0.15) is 6.17 Å². The number of nitrogens with zero attached hydrogens (tertiary/aromatic N) is 3. The highest BCUT2D eigenvalue weighted by molar-refractivity contribution is 7.09. The maximum Gasteiger partial charge on any atom is 0.226 e. The molecule has 2 aromatic heterocycles. The topological polar surface area (TPSA) is 49.6 Å². The average molecular weight is 351 g/mol. The van der Waals surface area contributed by atoms with Crippen LogP contribution in [-0.2, 0) is 17.8 Å². The number of thiazole rings is 1. The summed E-state index contributed by atoms with van der Waals surface area (Å²) >= 11 is 1.61. The van der Waals surface area contributed by atoms with E-state index in [1.165, 1.54) is 0 Å². The SMILES string of the molecule is Cc1nc(CN2C[C@@H](F)C[C@H]2CN(C)C(=O)Cc2ccoc2)cs1. The van der Waals surface area contributed by atoms with E-state index in [0.717, 1.165) is 16.3 Å². The molecule has 1 saturated heterocycles. The monoisotopic (exact) mass is 351 g/mol. The van der Waals surface area contributed by atoms with Crippen LogP contribution in [0, 0.1) is 6.92 Å². The number of alkyl halides is 1. The minimum atomic E-state index is -0.841. The van der Waals surface area contributed by atoms with Crippen molar-refractivity contribution in [1.29, 1.82) is 0 Å². The van der Waals surface area contributed by atoms with E-state index in [1.54, 1.807) is 41.9 Å². The number of aryl methyl sites for hydroxylation is 1. The molecule has 24 heavy (non-hydrogen) atoms. The number of aromatic nitrogens is 1. The van der Waals surface area contributed by atoms with Gasteiger partial charge in [-0.25, -0.2) is 9.37 Å². The molecule has 0 N–H and O–H groups in total. The first kappa shape index (κ1) is 17.1. The number of amides is 1. The zero-order valence-electron chi connectivity index (χ0n) is 13.9. The van der Waals surface area contributed by atoms with E-state index >= 15 is 0 Å². The molecule has 5 nitrogen and oxygen atoms in total. The normalized spacial score (nSPS) is 21.3. The Kier molecular flexibility index (Phi) is 5.30. The van der Waals surface area contributed by atoms with Gasteiger partial charge in [-0.15, -0.1) is 11.3 Å². The van der Waals surface area contributed by atoms with Gasteiger partial charge >= 0.3 is 0 Å². The standard InChI is InChI=1S/C17H22FN3O2S/c1-12-19-15(11-24-12)8-21-7-14(18)6-16(21)9-20(2)17(22)5-13-3-4-23-10-13/h3-4,10-11,14,16H,5-9H2,1-2H3/t14-,16-/m0/s1. The second-order valence-electron chi connectivity index (χ2n) is 6.36. The van der Waals surface area contributed by atoms with Crippen LogP contribution < -0.4 is 0 Å². The van der Waals surface area contributed by atoms with Gasteiger partial charge < -0.3 is 9.32 Å². The molecular weight excluding hydrogens is 329 g/mol. The fourth-order valence-corrected chi connectivity index (χ4v) is 3.72. The van der Waals surface area contributed by atoms with Crippen molar-refractivity contribution in [3.05, 3.63) is 40.2 Å². The zero-order chi connectivity index (χ0) is 17.1. The van der Waals surface area contributed by atoms with Crippen molar-refractivity contribution in [2.24, 2.45) is 0 Å². The van der Waals surface area contributed by atoms with Crippen LogP contribution in [0.15, 0.2) is 28.4 Å². The highest BCUT2D eigenvalue weighted by atomic mass is 32.1. The molecule has 7 heteroatoms. The molecule has 0 bridgehead atoms. The Balaban J connectivity index is 1.58. The molecule has 0 spiro atoms. The molecular formula is C17H22FN3O2S. The van der Waals surface area contributed by atoms with Crippen LogP contribution in [0.25, 0.3) is 0 Å². The lowest BCUT2D eigenvalue weighted by Crippen LogP contribution is -2.41. The second kappa shape index (κ2) is 7.44. The summed E-state index contributed by atoms with van der Waals surface area (Å²) in [6.07, 6.45) is 3.07. The fraction of sp³-hybridized carbons (Fsp3) is 0.529. The third-order valence-corrected chi connectivity index (χ3v) is 5.18. The van der Waals surface area contributed by atoms with Gasteiger partial charge in [-0.05, 0) is 25.0 Å². The Hall–Kier alpha value is -1.73. The van der Waals surface area contributed by atoms with E-state index < -0.39 is 6.17 Å². The number of hydrogen-bond donors (Lipinski definition) is 0. The lowest BCUT2D eigenvalue weighted by Gasteiger charge is -2.28. The minimum absolute atomic E-state index is 0.0168. The van der Waals surface area contributed by atoms with E-state index in [-0.39, 0.29) is 11.9 Å². The van der Waals surface area contributed by atoms with Crippen LogP contribution >= 0.6 is 11.3 Å².